The van der Waals surface area contributed by atoms with Crippen molar-refractivity contribution in [3.05, 3.63) is 0 Å². The average Bonchev–Trinajstić information content (AvgIpc) is 2.38. The number of amides is 2. The molecule has 5 nitrogen and oxygen atoms in total. The van der Waals surface area contributed by atoms with Crippen LogP contribution in [0, 0.1) is 5.92 Å². The van der Waals surface area contributed by atoms with Crippen molar-refractivity contribution in [2.75, 3.05) is 0 Å². The molecule has 1 aliphatic rings. The van der Waals surface area contributed by atoms with E-state index in [4.69, 9.17) is 0 Å². The molecule has 0 spiro atoms. The van der Waals surface area contributed by atoms with Gasteiger partial charge in [-0.05, 0) is 51.9 Å². The van der Waals surface area contributed by atoms with E-state index >= 15 is 0 Å². The molecule has 0 atom stereocenters. The number of hydrogen-bond acceptors (Lipinski definition) is 2. The Balaban J connectivity index is 2.67. The molecule has 0 heterocycles. The number of aliphatic carboxylic acids is 1. The summed E-state index contributed by atoms with van der Waals surface area (Å²) in [5, 5.41) is 15.2. The Kier molecular flexibility index (Phi) is 6.05. The highest BCUT2D eigenvalue weighted by molar-refractivity contribution is 5.86. The predicted octanol–water partition coefficient (Wildman–Crippen LogP) is 3.29. The number of nitrogens with one attached hydrogen (secondary N) is 2. The maximum atomic E-state index is 12.2. The van der Waals surface area contributed by atoms with Crippen LogP contribution in [0.15, 0.2) is 0 Å². The molecule has 0 radical (unpaired) electrons. The Hall–Kier alpha value is -1.26. The largest absolute Gasteiger partial charge is 0.480 e. The Morgan fingerprint density at radius 3 is 2.24 bits per heavy atom. The first kappa shape index (κ1) is 17.8. The summed E-state index contributed by atoms with van der Waals surface area (Å²) >= 11 is 0. The molecule has 0 unspecified atom stereocenters. The van der Waals surface area contributed by atoms with Crippen LogP contribution in [-0.4, -0.2) is 28.2 Å². The molecule has 1 saturated carbocycles. The third-order valence-electron chi connectivity index (χ3n) is 4.63. The molecule has 0 aliphatic heterocycles. The molecule has 5 heteroatoms. The van der Waals surface area contributed by atoms with E-state index < -0.39 is 11.5 Å². The summed E-state index contributed by atoms with van der Waals surface area (Å²) in [5.41, 5.74) is -1.42. The predicted molar refractivity (Wildman–Crippen MR) is 83.3 cm³/mol. The molecule has 0 aromatic rings. The zero-order valence-electron chi connectivity index (χ0n) is 13.8. The molecular formula is C16H30N2O3. The summed E-state index contributed by atoms with van der Waals surface area (Å²) in [6, 6.07) is -0.370. The molecule has 0 saturated heterocycles. The molecule has 3 N–H and O–H groups in total. The quantitative estimate of drug-likeness (QED) is 0.704. The highest BCUT2D eigenvalue weighted by Gasteiger charge is 2.43. The minimum atomic E-state index is -1.10. The van der Waals surface area contributed by atoms with Crippen LogP contribution in [0.1, 0.15) is 72.6 Å². The Morgan fingerprint density at radius 2 is 1.81 bits per heavy atom. The second kappa shape index (κ2) is 7.14. The lowest BCUT2D eigenvalue weighted by molar-refractivity contribution is -0.146. The summed E-state index contributed by atoms with van der Waals surface area (Å²) in [5.74, 6) is -0.334. The normalized spacial score (nSPS) is 26.2. The number of carbonyl (C=O) groups excluding carboxylic acids is 1. The van der Waals surface area contributed by atoms with Crippen LogP contribution in [0.4, 0.5) is 4.79 Å². The third kappa shape index (κ3) is 4.90. The molecule has 1 fully saturated rings. The topological polar surface area (TPSA) is 78.4 Å². The first-order valence-corrected chi connectivity index (χ1v) is 8.08. The maximum absolute atomic E-state index is 12.2. The van der Waals surface area contributed by atoms with Gasteiger partial charge in [-0.25, -0.2) is 9.59 Å². The number of urea groups is 1. The number of hydrogen-bond donors (Lipinski definition) is 3. The maximum Gasteiger partial charge on any atom is 0.329 e. The van der Waals surface area contributed by atoms with Crippen LogP contribution < -0.4 is 10.6 Å². The van der Waals surface area contributed by atoms with Gasteiger partial charge in [0.1, 0.15) is 5.54 Å². The van der Waals surface area contributed by atoms with E-state index in [1.165, 1.54) is 0 Å². The average molecular weight is 298 g/mol. The van der Waals surface area contributed by atoms with E-state index in [1.54, 1.807) is 0 Å². The number of rotatable bonds is 6. The van der Waals surface area contributed by atoms with Crippen molar-refractivity contribution in [3.8, 4) is 0 Å². The zero-order valence-corrected chi connectivity index (χ0v) is 13.8. The molecule has 1 rings (SSSR count). The summed E-state index contributed by atoms with van der Waals surface area (Å²) in [6.07, 6.45) is 5.66. The van der Waals surface area contributed by atoms with Crippen LogP contribution in [0.2, 0.25) is 0 Å². The van der Waals surface area contributed by atoms with Gasteiger partial charge in [-0.15, -0.1) is 0 Å². The van der Waals surface area contributed by atoms with Crippen LogP contribution in [0.3, 0.4) is 0 Å². The van der Waals surface area contributed by atoms with Crippen molar-refractivity contribution < 1.29 is 14.7 Å². The molecule has 0 aromatic carbocycles. The van der Waals surface area contributed by atoms with Gasteiger partial charge < -0.3 is 15.7 Å². The first-order valence-electron chi connectivity index (χ1n) is 8.08. The summed E-state index contributed by atoms with van der Waals surface area (Å²) < 4.78 is 0. The van der Waals surface area contributed by atoms with Crippen molar-refractivity contribution >= 4 is 12.0 Å². The van der Waals surface area contributed by atoms with E-state index in [9.17, 15) is 14.7 Å². The zero-order chi connectivity index (χ0) is 16.1. The smallest absolute Gasteiger partial charge is 0.329 e. The third-order valence-corrected chi connectivity index (χ3v) is 4.63. The van der Waals surface area contributed by atoms with Crippen LogP contribution in [0.25, 0.3) is 0 Å². The minimum absolute atomic E-state index is 0.320. The molecule has 21 heavy (non-hydrogen) atoms. The Labute approximate surface area is 127 Å². The Morgan fingerprint density at radius 1 is 1.24 bits per heavy atom. The minimum Gasteiger partial charge on any atom is -0.480 e. The lowest BCUT2D eigenvalue weighted by Gasteiger charge is -2.38. The fourth-order valence-electron chi connectivity index (χ4n) is 3.21. The molecule has 1 aliphatic carbocycles. The fourth-order valence-corrected chi connectivity index (χ4v) is 3.21. The first-order chi connectivity index (χ1) is 9.74. The van der Waals surface area contributed by atoms with E-state index in [0.29, 0.717) is 18.8 Å². The van der Waals surface area contributed by atoms with Crippen molar-refractivity contribution in [1.29, 1.82) is 0 Å². The molecule has 0 aromatic heterocycles. The highest BCUT2D eigenvalue weighted by Crippen LogP contribution is 2.34. The van der Waals surface area contributed by atoms with Gasteiger partial charge in [0.05, 0.1) is 0 Å². The van der Waals surface area contributed by atoms with Gasteiger partial charge in [0, 0.05) is 5.54 Å². The van der Waals surface area contributed by atoms with E-state index in [2.05, 4.69) is 24.5 Å². The second-order valence-corrected chi connectivity index (χ2v) is 6.95. The molecular weight excluding hydrogens is 268 g/mol. The number of carboxylic acid groups (broad SMARTS) is 1. The van der Waals surface area contributed by atoms with E-state index in [1.807, 2.05) is 13.8 Å². The number of carbonyl (C=O) groups is 2. The lowest BCUT2D eigenvalue weighted by Crippen LogP contribution is -2.61. The van der Waals surface area contributed by atoms with Gasteiger partial charge in [-0.3, -0.25) is 0 Å². The standard InChI is InChI=1S/C16H30N2O3/c1-5-9-15(3,4)17-14(21)18-16(13(19)20)10-7-12(6-2)8-11-16/h12H,5-11H2,1-4H3,(H,19,20)(H2,17,18,21). The summed E-state index contributed by atoms with van der Waals surface area (Å²) in [7, 11) is 0. The highest BCUT2D eigenvalue weighted by atomic mass is 16.4. The summed E-state index contributed by atoms with van der Waals surface area (Å²) in [6.45, 7) is 8.10. The van der Waals surface area contributed by atoms with Crippen molar-refractivity contribution in [2.24, 2.45) is 5.92 Å². The summed E-state index contributed by atoms with van der Waals surface area (Å²) in [4.78, 5) is 23.8. The van der Waals surface area contributed by atoms with Gasteiger partial charge in [-0.2, -0.15) is 0 Å². The fraction of sp³-hybridized carbons (Fsp3) is 0.875. The molecule has 2 amide bonds. The van der Waals surface area contributed by atoms with E-state index in [-0.39, 0.29) is 11.6 Å². The van der Waals surface area contributed by atoms with Gasteiger partial charge in [0.25, 0.3) is 0 Å². The van der Waals surface area contributed by atoms with Gasteiger partial charge in [0.2, 0.25) is 0 Å². The van der Waals surface area contributed by atoms with E-state index in [0.717, 1.165) is 32.1 Å². The van der Waals surface area contributed by atoms with Gasteiger partial charge in [0.15, 0.2) is 0 Å². The van der Waals surface area contributed by atoms with Crippen molar-refractivity contribution in [1.82, 2.24) is 10.6 Å². The SMILES string of the molecule is CCCC(C)(C)NC(=O)NC1(C(=O)O)CCC(CC)CC1. The van der Waals surface area contributed by atoms with Crippen LogP contribution in [0.5, 0.6) is 0 Å². The van der Waals surface area contributed by atoms with Crippen LogP contribution >= 0.6 is 0 Å². The number of carboxylic acids is 1. The van der Waals surface area contributed by atoms with Crippen molar-refractivity contribution in [3.63, 3.8) is 0 Å². The second-order valence-electron chi connectivity index (χ2n) is 6.95. The molecule has 122 valence electrons. The monoisotopic (exact) mass is 298 g/mol. The Bertz CT molecular complexity index is 372. The van der Waals surface area contributed by atoms with Crippen molar-refractivity contribution in [2.45, 2.75) is 83.7 Å². The van der Waals surface area contributed by atoms with Gasteiger partial charge >= 0.3 is 12.0 Å². The van der Waals surface area contributed by atoms with Gasteiger partial charge in [-0.1, -0.05) is 26.7 Å². The lowest BCUT2D eigenvalue weighted by atomic mass is 9.75. The molecule has 0 bridgehead atoms. The van der Waals surface area contributed by atoms with Crippen LogP contribution in [-0.2, 0) is 4.79 Å².